The van der Waals surface area contributed by atoms with Crippen LogP contribution < -0.4 is 14.8 Å². The maximum absolute atomic E-state index is 12.8. The smallest absolute Gasteiger partial charge is 0.255 e. The van der Waals surface area contributed by atoms with Gasteiger partial charge in [0.15, 0.2) is 17.1 Å². The molecular weight excluding hydrogens is 368 g/mol. The molecule has 2 aromatic heterocycles. The van der Waals surface area contributed by atoms with E-state index in [1.165, 1.54) is 0 Å². The summed E-state index contributed by atoms with van der Waals surface area (Å²) in [5, 5.41) is 2.89. The van der Waals surface area contributed by atoms with Crippen molar-refractivity contribution in [1.29, 1.82) is 0 Å². The van der Waals surface area contributed by atoms with Gasteiger partial charge in [-0.05, 0) is 36.4 Å². The number of carbonyl (C=O) groups excluding carboxylic acids is 1. The van der Waals surface area contributed by atoms with Crippen LogP contribution in [0.2, 0.25) is 0 Å². The molecular formula is C22H20N4O3. The highest BCUT2D eigenvalue weighted by atomic mass is 16.5. The SMILES string of the molecule is COc1ccc(NC(=O)c2cccc(-c3nc4cccnc4n3C)c2)cc1OC. The van der Waals surface area contributed by atoms with E-state index in [1.807, 2.05) is 41.9 Å². The number of aryl methyl sites for hydroxylation is 1. The predicted molar refractivity (Wildman–Crippen MR) is 111 cm³/mol. The summed E-state index contributed by atoms with van der Waals surface area (Å²) in [5.41, 5.74) is 3.58. The summed E-state index contributed by atoms with van der Waals surface area (Å²) in [6.07, 6.45) is 1.74. The van der Waals surface area contributed by atoms with Gasteiger partial charge in [0.1, 0.15) is 11.3 Å². The van der Waals surface area contributed by atoms with Crippen molar-refractivity contribution in [2.24, 2.45) is 7.05 Å². The summed E-state index contributed by atoms with van der Waals surface area (Å²) in [7, 11) is 5.03. The van der Waals surface area contributed by atoms with Crippen molar-refractivity contribution in [3.8, 4) is 22.9 Å². The van der Waals surface area contributed by atoms with E-state index in [-0.39, 0.29) is 5.91 Å². The molecule has 1 amide bonds. The number of carbonyl (C=O) groups is 1. The number of amides is 1. The Kier molecular flexibility index (Phi) is 4.87. The number of anilines is 1. The van der Waals surface area contributed by atoms with Gasteiger partial charge in [-0.3, -0.25) is 4.79 Å². The van der Waals surface area contributed by atoms with Gasteiger partial charge < -0.3 is 19.4 Å². The summed E-state index contributed by atoms with van der Waals surface area (Å²) in [6, 6.07) is 16.3. The zero-order valence-electron chi connectivity index (χ0n) is 16.3. The number of pyridine rings is 1. The zero-order valence-corrected chi connectivity index (χ0v) is 16.3. The first kappa shape index (κ1) is 18.5. The Labute approximate surface area is 167 Å². The minimum atomic E-state index is -0.226. The molecule has 0 fully saturated rings. The standard InChI is InChI=1S/C22H20N4O3/c1-26-20(25-17-8-5-11-23-21(17)26)14-6-4-7-15(12-14)22(27)24-16-9-10-18(28-2)19(13-16)29-3/h4-13H,1-3H3,(H,24,27). The van der Waals surface area contributed by atoms with Crippen LogP contribution >= 0.6 is 0 Å². The summed E-state index contributed by atoms with van der Waals surface area (Å²) >= 11 is 0. The van der Waals surface area contributed by atoms with Gasteiger partial charge in [-0.1, -0.05) is 12.1 Å². The van der Waals surface area contributed by atoms with Crippen molar-refractivity contribution in [2.75, 3.05) is 19.5 Å². The molecule has 0 spiro atoms. The van der Waals surface area contributed by atoms with Crippen molar-refractivity contribution >= 4 is 22.8 Å². The first-order valence-electron chi connectivity index (χ1n) is 9.02. The highest BCUT2D eigenvalue weighted by Gasteiger charge is 2.14. The van der Waals surface area contributed by atoms with Crippen LogP contribution in [0.4, 0.5) is 5.69 Å². The molecule has 4 aromatic rings. The molecule has 0 radical (unpaired) electrons. The van der Waals surface area contributed by atoms with E-state index in [2.05, 4.69) is 15.3 Å². The van der Waals surface area contributed by atoms with E-state index in [1.54, 1.807) is 44.7 Å². The van der Waals surface area contributed by atoms with Gasteiger partial charge in [0, 0.05) is 36.1 Å². The van der Waals surface area contributed by atoms with Crippen LogP contribution in [0.1, 0.15) is 10.4 Å². The third kappa shape index (κ3) is 3.50. The average Bonchev–Trinajstić information content (AvgIpc) is 3.10. The Bertz CT molecular complexity index is 1200. The summed E-state index contributed by atoms with van der Waals surface area (Å²) in [4.78, 5) is 21.8. The molecule has 0 saturated heterocycles. The number of hydrogen-bond donors (Lipinski definition) is 1. The molecule has 0 aliphatic rings. The quantitative estimate of drug-likeness (QED) is 0.561. The van der Waals surface area contributed by atoms with Crippen LogP contribution in [-0.2, 0) is 7.05 Å². The topological polar surface area (TPSA) is 78.3 Å². The van der Waals surface area contributed by atoms with Crippen molar-refractivity contribution in [1.82, 2.24) is 14.5 Å². The van der Waals surface area contributed by atoms with E-state index >= 15 is 0 Å². The number of fused-ring (bicyclic) bond motifs is 1. The molecule has 0 saturated carbocycles. The van der Waals surface area contributed by atoms with Crippen LogP contribution in [0.3, 0.4) is 0 Å². The molecule has 146 valence electrons. The molecule has 0 aliphatic heterocycles. The van der Waals surface area contributed by atoms with Gasteiger partial charge in [-0.2, -0.15) is 0 Å². The number of nitrogens with one attached hydrogen (secondary N) is 1. The van der Waals surface area contributed by atoms with E-state index in [0.29, 0.717) is 22.7 Å². The zero-order chi connectivity index (χ0) is 20.4. The predicted octanol–water partition coefficient (Wildman–Crippen LogP) is 3.90. The maximum atomic E-state index is 12.8. The molecule has 0 atom stereocenters. The fourth-order valence-corrected chi connectivity index (χ4v) is 3.20. The van der Waals surface area contributed by atoms with Gasteiger partial charge in [-0.15, -0.1) is 0 Å². The summed E-state index contributed by atoms with van der Waals surface area (Å²) in [6.45, 7) is 0. The summed E-state index contributed by atoms with van der Waals surface area (Å²) in [5.74, 6) is 1.67. The molecule has 1 N–H and O–H groups in total. The van der Waals surface area contributed by atoms with E-state index in [9.17, 15) is 4.79 Å². The lowest BCUT2D eigenvalue weighted by Gasteiger charge is -2.11. The molecule has 4 rings (SSSR count). The number of imidazole rings is 1. The van der Waals surface area contributed by atoms with Gasteiger partial charge in [0.2, 0.25) is 0 Å². The van der Waals surface area contributed by atoms with Crippen LogP contribution in [0.25, 0.3) is 22.6 Å². The first-order chi connectivity index (χ1) is 14.1. The second kappa shape index (κ2) is 7.63. The molecule has 7 nitrogen and oxygen atoms in total. The first-order valence-corrected chi connectivity index (χ1v) is 9.02. The molecule has 0 unspecified atom stereocenters. The Hall–Kier alpha value is -3.87. The van der Waals surface area contributed by atoms with E-state index in [4.69, 9.17) is 9.47 Å². The molecule has 2 aromatic carbocycles. The lowest BCUT2D eigenvalue weighted by molar-refractivity contribution is 0.102. The Morgan fingerprint density at radius 3 is 2.59 bits per heavy atom. The molecule has 2 heterocycles. The van der Waals surface area contributed by atoms with Crippen molar-refractivity contribution in [3.05, 3.63) is 66.4 Å². The summed E-state index contributed by atoms with van der Waals surface area (Å²) < 4.78 is 12.4. The third-order valence-electron chi connectivity index (χ3n) is 4.65. The van der Waals surface area contributed by atoms with Crippen LogP contribution in [0.5, 0.6) is 11.5 Å². The van der Waals surface area contributed by atoms with Crippen molar-refractivity contribution in [2.45, 2.75) is 0 Å². The monoisotopic (exact) mass is 388 g/mol. The van der Waals surface area contributed by atoms with Gasteiger partial charge in [0.25, 0.3) is 5.91 Å². The number of ether oxygens (including phenoxy) is 2. The number of benzene rings is 2. The largest absolute Gasteiger partial charge is 0.493 e. The lowest BCUT2D eigenvalue weighted by Crippen LogP contribution is -2.12. The Morgan fingerprint density at radius 2 is 1.83 bits per heavy atom. The Balaban J connectivity index is 1.63. The van der Waals surface area contributed by atoms with Gasteiger partial charge >= 0.3 is 0 Å². The molecule has 0 bridgehead atoms. The Morgan fingerprint density at radius 1 is 1.00 bits per heavy atom. The van der Waals surface area contributed by atoms with Crippen molar-refractivity contribution < 1.29 is 14.3 Å². The number of nitrogens with zero attached hydrogens (tertiary/aromatic N) is 3. The van der Waals surface area contributed by atoms with Crippen LogP contribution in [-0.4, -0.2) is 34.7 Å². The fourth-order valence-electron chi connectivity index (χ4n) is 3.20. The number of aromatic nitrogens is 3. The fraction of sp³-hybridized carbons (Fsp3) is 0.136. The second-order valence-corrected chi connectivity index (χ2v) is 6.45. The lowest BCUT2D eigenvalue weighted by atomic mass is 10.1. The minimum Gasteiger partial charge on any atom is -0.493 e. The number of rotatable bonds is 5. The highest BCUT2D eigenvalue weighted by molar-refractivity contribution is 6.05. The minimum absolute atomic E-state index is 0.226. The van der Waals surface area contributed by atoms with Crippen LogP contribution in [0.15, 0.2) is 60.8 Å². The van der Waals surface area contributed by atoms with E-state index in [0.717, 1.165) is 22.6 Å². The molecule has 0 aliphatic carbocycles. The molecule has 29 heavy (non-hydrogen) atoms. The van der Waals surface area contributed by atoms with Gasteiger partial charge in [0.05, 0.1) is 14.2 Å². The van der Waals surface area contributed by atoms with Crippen LogP contribution in [0, 0.1) is 0 Å². The van der Waals surface area contributed by atoms with Crippen molar-refractivity contribution in [3.63, 3.8) is 0 Å². The molecule has 7 heteroatoms. The third-order valence-corrected chi connectivity index (χ3v) is 4.65. The average molecular weight is 388 g/mol. The van der Waals surface area contributed by atoms with E-state index < -0.39 is 0 Å². The van der Waals surface area contributed by atoms with Gasteiger partial charge in [-0.25, -0.2) is 9.97 Å². The number of methoxy groups -OCH3 is 2. The second-order valence-electron chi connectivity index (χ2n) is 6.45. The number of hydrogen-bond acceptors (Lipinski definition) is 5. The maximum Gasteiger partial charge on any atom is 0.255 e. The normalized spacial score (nSPS) is 10.7. The highest BCUT2D eigenvalue weighted by Crippen LogP contribution is 2.30.